The second-order valence-electron chi connectivity index (χ2n) is 7.04. The molecular formula is C21H23N3O5S. The summed E-state index contributed by atoms with van der Waals surface area (Å²) in [4.78, 5) is 27.0. The van der Waals surface area contributed by atoms with Gasteiger partial charge in [-0.05, 0) is 38.3 Å². The summed E-state index contributed by atoms with van der Waals surface area (Å²) in [5, 5.41) is 3.64. The molecule has 3 rings (SSSR count). The third kappa shape index (κ3) is 4.09. The van der Waals surface area contributed by atoms with Crippen LogP contribution in [0, 0.1) is 26.2 Å². The van der Waals surface area contributed by atoms with E-state index in [1.807, 2.05) is 24.3 Å². The maximum absolute atomic E-state index is 13.0. The maximum atomic E-state index is 13.0. The van der Waals surface area contributed by atoms with E-state index in [0.717, 1.165) is 24.1 Å². The first-order chi connectivity index (χ1) is 14.3. The Morgan fingerprint density at radius 3 is 2.67 bits per heavy atom. The summed E-state index contributed by atoms with van der Waals surface area (Å²) >= 11 is 0. The predicted octanol–water partition coefficient (Wildman–Crippen LogP) is 2.20. The third-order valence-electron chi connectivity index (χ3n) is 4.99. The van der Waals surface area contributed by atoms with E-state index in [-0.39, 0.29) is 35.1 Å². The number of hydrogen-bond donors (Lipinski definition) is 0. The monoisotopic (exact) mass is 429 g/mol. The van der Waals surface area contributed by atoms with Gasteiger partial charge in [0.15, 0.2) is 10.7 Å². The summed E-state index contributed by atoms with van der Waals surface area (Å²) in [5.41, 5.74) is 2.06. The van der Waals surface area contributed by atoms with Crippen molar-refractivity contribution in [3.05, 3.63) is 41.3 Å². The van der Waals surface area contributed by atoms with Crippen LogP contribution in [0.2, 0.25) is 0 Å². The molecule has 9 heteroatoms. The number of aryl methyl sites for hydroxylation is 3. The van der Waals surface area contributed by atoms with E-state index in [0.29, 0.717) is 10.8 Å². The van der Waals surface area contributed by atoms with Crippen LogP contribution in [-0.2, 0) is 26.0 Å². The lowest BCUT2D eigenvalue weighted by molar-refractivity contribution is -0.128. The van der Waals surface area contributed by atoms with Crippen LogP contribution in [0.15, 0.2) is 33.7 Å². The number of carbonyl (C=O) groups is 2. The summed E-state index contributed by atoms with van der Waals surface area (Å²) < 4.78 is 31.5. The summed E-state index contributed by atoms with van der Waals surface area (Å²) in [6, 6.07) is 7.64. The molecule has 1 aliphatic rings. The molecule has 0 spiro atoms. The quantitative estimate of drug-likeness (QED) is 0.653. The molecule has 0 unspecified atom stereocenters. The number of rotatable bonds is 6. The van der Waals surface area contributed by atoms with Crippen molar-refractivity contribution in [1.82, 2.24) is 9.46 Å². The molecule has 0 bridgehead atoms. The molecule has 2 heterocycles. The van der Waals surface area contributed by atoms with Crippen LogP contribution < -0.4 is 4.90 Å². The Labute approximate surface area is 175 Å². The molecule has 158 valence electrons. The zero-order chi connectivity index (χ0) is 21.9. The molecule has 0 aliphatic carbocycles. The number of amides is 2. The Morgan fingerprint density at radius 2 is 2.00 bits per heavy atom. The summed E-state index contributed by atoms with van der Waals surface area (Å²) in [7, 11) is -4.24. The number of benzene rings is 1. The maximum Gasteiger partial charge on any atom is 0.272 e. The molecule has 1 aromatic carbocycles. The van der Waals surface area contributed by atoms with Crippen molar-refractivity contribution in [3.8, 4) is 12.3 Å². The number of nitrogens with zero attached hydrogens (tertiary/aromatic N) is 3. The number of hydrogen-bond acceptors (Lipinski definition) is 6. The minimum Gasteiger partial charge on any atom is -0.360 e. The number of anilines is 1. The first-order valence-electron chi connectivity index (χ1n) is 9.57. The van der Waals surface area contributed by atoms with Crippen LogP contribution in [-0.4, -0.2) is 42.8 Å². The molecule has 0 radical (unpaired) electrons. The highest BCUT2D eigenvalue weighted by molar-refractivity contribution is 7.89. The van der Waals surface area contributed by atoms with Crippen molar-refractivity contribution in [3.63, 3.8) is 0 Å². The second-order valence-corrected chi connectivity index (χ2v) is 8.84. The molecule has 1 aromatic heterocycles. The van der Waals surface area contributed by atoms with Crippen molar-refractivity contribution in [1.29, 1.82) is 0 Å². The fourth-order valence-corrected chi connectivity index (χ4v) is 5.24. The number of carbonyl (C=O) groups excluding carboxylic acids is 2. The van der Waals surface area contributed by atoms with Crippen molar-refractivity contribution in [2.75, 3.05) is 18.0 Å². The second kappa shape index (κ2) is 8.71. The smallest absolute Gasteiger partial charge is 0.272 e. The highest BCUT2D eigenvalue weighted by atomic mass is 32.2. The van der Waals surface area contributed by atoms with Gasteiger partial charge in [0.25, 0.3) is 10.0 Å². The van der Waals surface area contributed by atoms with Gasteiger partial charge in [-0.3, -0.25) is 9.59 Å². The predicted molar refractivity (Wildman–Crippen MR) is 110 cm³/mol. The fourth-order valence-electron chi connectivity index (χ4n) is 3.61. The minimum absolute atomic E-state index is 0.0725. The van der Waals surface area contributed by atoms with Gasteiger partial charge in [-0.15, -0.1) is 6.42 Å². The molecule has 0 saturated heterocycles. The van der Waals surface area contributed by atoms with Gasteiger partial charge < -0.3 is 9.42 Å². The molecule has 8 nitrogen and oxygen atoms in total. The van der Waals surface area contributed by atoms with E-state index in [9.17, 15) is 18.0 Å². The Kier molecular flexibility index (Phi) is 6.27. The number of aromatic nitrogens is 1. The van der Waals surface area contributed by atoms with Gasteiger partial charge in [-0.25, -0.2) is 12.7 Å². The van der Waals surface area contributed by atoms with E-state index in [2.05, 4.69) is 11.1 Å². The average molecular weight is 429 g/mol. The lowest BCUT2D eigenvalue weighted by Crippen LogP contribution is -2.39. The van der Waals surface area contributed by atoms with E-state index >= 15 is 0 Å². The molecule has 0 saturated carbocycles. The van der Waals surface area contributed by atoms with Crippen molar-refractivity contribution < 1.29 is 22.5 Å². The lowest BCUT2D eigenvalue weighted by Gasteiger charge is -2.29. The van der Waals surface area contributed by atoms with E-state index < -0.39 is 22.5 Å². The van der Waals surface area contributed by atoms with Gasteiger partial charge in [-0.1, -0.05) is 29.3 Å². The first-order valence-corrected chi connectivity index (χ1v) is 11.0. The lowest BCUT2D eigenvalue weighted by atomic mass is 10.0. The van der Waals surface area contributed by atoms with Gasteiger partial charge in [0.1, 0.15) is 5.69 Å². The highest BCUT2D eigenvalue weighted by Gasteiger charge is 2.34. The van der Waals surface area contributed by atoms with Gasteiger partial charge in [0.2, 0.25) is 11.8 Å². The molecule has 0 N–H and O–H groups in total. The Hall–Kier alpha value is -3.12. The van der Waals surface area contributed by atoms with Crippen LogP contribution >= 0.6 is 0 Å². The zero-order valence-corrected chi connectivity index (χ0v) is 17.7. The summed E-state index contributed by atoms with van der Waals surface area (Å²) in [5.74, 6) is 1.30. The number of sulfonamides is 1. The van der Waals surface area contributed by atoms with Gasteiger partial charge in [0.05, 0.1) is 6.54 Å². The van der Waals surface area contributed by atoms with Crippen molar-refractivity contribution in [2.45, 2.75) is 44.4 Å². The molecule has 0 fully saturated rings. The molecule has 30 heavy (non-hydrogen) atoms. The fraction of sp³-hybridized carbons (Fsp3) is 0.381. The molecule has 0 atom stereocenters. The van der Waals surface area contributed by atoms with Gasteiger partial charge >= 0.3 is 0 Å². The van der Waals surface area contributed by atoms with Gasteiger partial charge in [-0.2, -0.15) is 0 Å². The van der Waals surface area contributed by atoms with Crippen molar-refractivity contribution >= 4 is 27.5 Å². The van der Waals surface area contributed by atoms with Crippen LogP contribution in [0.1, 0.15) is 36.3 Å². The van der Waals surface area contributed by atoms with Crippen molar-refractivity contribution in [2.24, 2.45) is 0 Å². The summed E-state index contributed by atoms with van der Waals surface area (Å²) in [6.45, 7) is 3.05. The van der Waals surface area contributed by atoms with E-state index in [1.54, 1.807) is 4.90 Å². The number of para-hydroxylation sites is 1. The molecule has 2 aromatic rings. The first kappa shape index (κ1) is 21.6. The Bertz CT molecular complexity index is 1090. The molecule has 1 aliphatic heterocycles. The number of fused-ring (bicyclic) bond motifs is 1. The Balaban J connectivity index is 1.75. The molecular weight excluding hydrogens is 406 g/mol. The normalized spacial score (nSPS) is 13.4. The van der Waals surface area contributed by atoms with Crippen LogP contribution in [0.4, 0.5) is 5.69 Å². The Morgan fingerprint density at radius 1 is 1.27 bits per heavy atom. The third-order valence-corrected chi connectivity index (χ3v) is 7.00. The minimum atomic E-state index is -4.24. The molecule has 2 amide bonds. The van der Waals surface area contributed by atoms with Gasteiger partial charge in [0, 0.05) is 25.1 Å². The van der Waals surface area contributed by atoms with Crippen LogP contribution in [0.5, 0.6) is 0 Å². The zero-order valence-electron chi connectivity index (χ0n) is 16.9. The highest BCUT2D eigenvalue weighted by Crippen LogP contribution is 2.28. The number of terminal acetylenes is 1. The summed E-state index contributed by atoms with van der Waals surface area (Å²) in [6.07, 6.45) is 6.63. The van der Waals surface area contributed by atoms with E-state index in [1.165, 1.54) is 13.8 Å². The average Bonchev–Trinajstić information content (AvgIpc) is 3.08. The SMILES string of the molecule is C#CCN(C(=O)CCC(=O)N1CCCc2ccccc21)S(=O)(=O)c1c(C)noc1C. The van der Waals surface area contributed by atoms with Crippen LogP contribution in [0.25, 0.3) is 0 Å². The van der Waals surface area contributed by atoms with Crippen LogP contribution in [0.3, 0.4) is 0 Å². The largest absolute Gasteiger partial charge is 0.360 e. The standard InChI is InChI=1S/C21H23N3O5S/c1-4-13-24(30(27,28)21-15(2)22-29-16(21)3)20(26)12-11-19(25)23-14-7-9-17-8-5-6-10-18(17)23/h1,5-6,8,10H,7,9,11-14H2,2-3H3. The topological polar surface area (TPSA) is 101 Å². The van der Waals surface area contributed by atoms with E-state index in [4.69, 9.17) is 10.9 Å².